The fourth-order valence-corrected chi connectivity index (χ4v) is 1.35. The van der Waals surface area contributed by atoms with Gasteiger partial charge in [-0.05, 0) is 12.8 Å². The molecule has 100 valence electrons. The molecule has 0 aliphatic heterocycles. The summed E-state index contributed by atoms with van der Waals surface area (Å²) in [6, 6.07) is 0. The lowest BCUT2D eigenvalue weighted by Gasteiger charge is -2.18. The first kappa shape index (κ1) is 16.0. The van der Waals surface area contributed by atoms with Crippen molar-refractivity contribution in [2.45, 2.75) is 58.2 Å². The van der Waals surface area contributed by atoms with Gasteiger partial charge in [0.05, 0.1) is 0 Å². The average molecular weight is 252 g/mol. The highest BCUT2D eigenvalue weighted by molar-refractivity contribution is 5.89. The maximum atomic E-state index is 12.2. The maximum absolute atomic E-state index is 12.2. The molecule has 0 fully saturated rings. The van der Waals surface area contributed by atoms with Crippen LogP contribution in [0.5, 0.6) is 0 Å². The molecule has 0 spiro atoms. The number of ether oxygens (including phenoxy) is 1. The van der Waals surface area contributed by atoms with Crippen molar-refractivity contribution in [2.24, 2.45) is 0 Å². The largest absolute Gasteiger partial charge is 0.459 e. The van der Waals surface area contributed by atoms with Gasteiger partial charge in [0, 0.05) is 0 Å². The van der Waals surface area contributed by atoms with Crippen LogP contribution < -0.4 is 0 Å². The van der Waals surface area contributed by atoms with Gasteiger partial charge >= 0.3 is 12.1 Å². The Labute approximate surface area is 99.8 Å². The third-order valence-electron chi connectivity index (χ3n) is 2.35. The molecular formula is C12H19F3O2. The highest BCUT2D eigenvalue weighted by Crippen LogP contribution is 2.26. The zero-order valence-electron chi connectivity index (χ0n) is 10.3. The third-order valence-corrected chi connectivity index (χ3v) is 2.35. The summed E-state index contributed by atoms with van der Waals surface area (Å²) in [5.74, 6) is -1.35. The minimum Gasteiger partial charge on any atom is -0.459 e. The normalized spacial score (nSPS) is 13.2. The molecule has 0 saturated heterocycles. The van der Waals surface area contributed by atoms with Crippen molar-refractivity contribution in [3.63, 3.8) is 0 Å². The van der Waals surface area contributed by atoms with Crippen LogP contribution in [-0.4, -0.2) is 18.2 Å². The summed E-state index contributed by atoms with van der Waals surface area (Å²) >= 11 is 0. The molecule has 1 unspecified atom stereocenters. The van der Waals surface area contributed by atoms with Crippen molar-refractivity contribution in [1.29, 1.82) is 0 Å². The topological polar surface area (TPSA) is 26.3 Å². The summed E-state index contributed by atoms with van der Waals surface area (Å²) in [5.41, 5.74) is -1.44. The second-order valence-electron chi connectivity index (χ2n) is 3.93. The minimum atomic E-state index is -4.71. The van der Waals surface area contributed by atoms with E-state index < -0.39 is 23.8 Å². The summed E-state index contributed by atoms with van der Waals surface area (Å²) in [6.07, 6.45) is -1.46. The van der Waals surface area contributed by atoms with Crippen LogP contribution in [0.2, 0.25) is 0 Å². The predicted octanol–water partition coefficient (Wildman–Crippen LogP) is 4.01. The molecule has 0 aliphatic carbocycles. The molecule has 1 atom stereocenters. The molecule has 0 bridgehead atoms. The first-order valence-electron chi connectivity index (χ1n) is 5.80. The quantitative estimate of drug-likeness (QED) is 0.505. The van der Waals surface area contributed by atoms with Crippen LogP contribution in [0, 0.1) is 0 Å². The Bertz CT molecular complexity index is 259. The minimum absolute atomic E-state index is 0.438. The molecule has 0 N–H and O–H groups in total. The Morgan fingerprint density at radius 2 is 1.82 bits per heavy atom. The van der Waals surface area contributed by atoms with E-state index in [0.29, 0.717) is 12.8 Å². The van der Waals surface area contributed by atoms with Crippen LogP contribution in [0.25, 0.3) is 0 Å². The summed E-state index contributed by atoms with van der Waals surface area (Å²) < 4.78 is 41.4. The van der Waals surface area contributed by atoms with E-state index >= 15 is 0 Å². The van der Waals surface area contributed by atoms with Crippen LogP contribution in [0.4, 0.5) is 13.2 Å². The molecule has 0 aromatic rings. The highest BCUT2D eigenvalue weighted by atomic mass is 19.4. The molecule has 2 nitrogen and oxygen atoms in total. The van der Waals surface area contributed by atoms with Crippen LogP contribution >= 0.6 is 0 Å². The summed E-state index contributed by atoms with van der Waals surface area (Å²) in [5, 5.41) is 0. The van der Waals surface area contributed by atoms with Gasteiger partial charge in [0.2, 0.25) is 0 Å². The van der Waals surface area contributed by atoms with Crippen molar-refractivity contribution in [3.05, 3.63) is 12.2 Å². The summed E-state index contributed by atoms with van der Waals surface area (Å²) in [7, 11) is 0. The first-order valence-corrected chi connectivity index (χ1v) is 5.80. The number of halogens is 3. The molecule has 17 heavy (non-hydrogen) atoms. The van der Waals surface area contributed by atoms with Crippen molar-refractivity contribution < 1.29 is 22.7 Å². The second kappa shape index (κ2) is 7.35. The second-order valence-corrected chi connectivity index (χ2v) is 3.93. The Kier molecular flexibility index (Phi) is 6.92. The van der Waals surface area contributed by atoms with Crippen molar-refractivity contribution in [1.82, 2.24) is 0 Å². The highest BCUT2D eigenvalue weighted by Gasteiger charge is 2.38. The molecular weight excluding hydrogens is 233 g/mol. The van der Waals surface area contributed by atoms with Gasteiger partial charge in [-0.2, -0.15) is 13.2 Å². The van der Waals surface area contributed by atoms with Crippen LogP contribution in [0.15, 0.2) is 12.2 Å². The number of hydrogen-bond acceptors (Lipinski definition) is 2. The smallest absolute Gasteiger partial charge is 0.422 e. The SMILES string of the molecule is C=C(C(=O)OC(CCC)CCCC)C(F)(F)F. The number of carbonyl (C=O) groups excluding carboxylic acids is 1. The molecule has 0 aliphatic rings. The summed E-state index contributed by atoms with van der Waals surface area (Å²) in [6.45, 7) is 6.59. The Morgan fingerprint density at radius 1 is 1.24 bits per heavy atom. The fraction of sp³-hybridized carbons (Fsp3) is 0.750. The van der Waals surface area contributed by atoms with Gasteiger partial charge in [0.15, 0.2) is 0 Å². The summed E-state index contributed by atoms with van der Waals surface area (Å²) in [4.78, 5) is 11.2. The number of unbranched alkanes of at least 4 members (excludes halogenated alkanes) is 1. The monoisotopic (exact) mass is 252 g/mol. The molecule has 0 aromatic carbocycles. The lowest BCUT2D eigenvalue weighted by molar-refractivity contribution is -0.156. The number of alkyl halides is 3. The number of rotatable bonds is 7. The third kappa shape index (κ3) is 6.34. The maximum Gasteiger partial charge on any atom is 0.422 e. The van der Waals surface area contributed by atoms with E-state index in [4.69, 9.17) is 4.74 Å². The van der Waals surface area contributed by atoms with Crippen molar-refractivity contribution >= 4 is 5.97 Å². The average Bonchev–Trinajstić information content (AvgIpc) is 2.23. The number of esters is 1. The van der Waals surface area contributed by atoms with Crippen LogP contribution in [0.1, 0.15) is 46.0 Å². The van der Waals surface area contributed by atoms with E-state index in [9.17, 15) is 18.0 Å². The van der Waals surface area contributed by atoms with Crippen molar-refractivity contribution in [2.75, 3.05) is 0 Å². The molecule has 0 rings (SSSR count). The standard InChI is InChI=1S/C12H19F3O2/c1-4-6-8-10(7-5-2)17-11(16)9(3)12(13,14)15/h10H,3-8H2,1-2H3. The van der Waals surface area contributed by atoms with E-state index in [2.05, 4.69) is 6.58 Å². The van der Waals surface area contributed by atoms with Crippen molar-refractivity contribution in [3.8, 4) is 0 Å². The van der Waals surface area contributed by atoms with Gasteiger partial charge < -0.3 is 4.74 Å². The molecule has 0 heterocycles. The van der Waals surface area contributed by atoms with E-state index in [1.165, 1.54) is 0 Å². The van der Waals surface area contributed by atoms with Gasteiger partial charge in [-0.25, -0.2) is 4.79 Å². The number of hydrogen-bond donors (Lipinski definition) is 0. The zero-order valence-corrected chi connectivity index (χ0v) is 10.3. The Morgan fingerprint density at radius 3 is 2.24 bits per heavy atom. The van der Waals surface area contributed by atoms with E-state index in [0.717, 1.165) is 19.3 Å². The van der Waals surface area contributed by atoms with E-state index in [-0.39, 0.29) is 0 Å². The Balaban J connectivity index is 4.34. The number of carbonyl (C=O) groups is 1. The van der Waals surface area contributed by atoms with Gasteiger partial charge in [-0.3, -0.25) is 0 Å². The molecule has 0 amide bonds. The lowest BCUT2D eigenvalue weighted by atomic mass is 10.1. The molecule has 0 saturated carbocycles. The zero-order chi connectivity index (χ0) is 13.5. The van der Waals surface area contributed by atoms with Gasteiger partial charge in [0.25, 0.3) is 0 Å². The fourth-order valence-electron chi connectivity index (χ4n) is 1.35. The van der Waals surface area contributed by atoms with Gasteiger partial charge in [-0.1, -0.05) is 39.7 Å². The lowest BCUT2D eigenvalue weighted by Crippen LogP contribution is -2.25. The molecule has 0 aromatic heterocycles. The first-order chi connectivity index (χ1) is 7.82. The van der Waals surface area contributed by atoms with E-state index in [1.54, 1.807) is 0 Å². The van der Waals surface area contributed by atoms with Crippen LogP contribution in [0.3, 0.4) is 0 Å². The molecule has 0 radical (unpaired) electrons. The Hall–Kier alpha value is -1.00. The van der Waals surface area contributed by atoms with E-state index in [1.807, 2.05) is 13.8 Å². The molecule has 5 heteroatoms. The predicted molar refractivity (Wildman–Crippen MR) is 59.5 cm³/mol. The van der Waals surface area contributed by atoms with Gasteiger partial charge in [0.1, 0.15) is 11.7 Å². The van der Waals surface area contributed by atoms with Crippen LogP contribution in [-0.2, 0) is 9.53 Å². The van der Waals surface area contributed by atoms with Gasteiger partial charge in [-0.15, -0.1) is 0 Å².